The molecular weight excluding hydrogens is 236 g/mol. The normalized spacial score (nSPS) is 10.1. The number of halogens is 1. The summed E-state index contributed by atoms with van der Waals surface area (Å²) in [7, 11) is 0. The van der Waals surface area contributed by atoms with Crippen molar-refractivity contribution in [3.8, 4) is 0 Å². The minimum absolute atomic E-state index is 0.952. The van der Waals surface area contributed by atoms with Gasteiger partial charge in [-0.3, -0.25) is 0 Å². The van der Waals surface area contributed by atoms with Gasteiger partial charge in [-0.1, -0.05) is 52.3 Å². The second-order valence-corrected chi connectivity index (χ2v) is 4.11. The first kappa shape index (κ1) is 9.47. The third kappa shape index (κ3) is 2.46. The largest absolute Gasteiger partial charge is 0.0622 e. The van der Waals surface area contributed by atoms with E-state index in [9.17, 15) is 0 Å². The van der Waals surface area contributed by atoms with Crippen LogP contribution in [0.25, 0.3) is 0 Å². The van der Waals surface area contributed by atoms with Gasteiger partial charge in [0.05, 0.1) is 0 Å². The first-order valence-corrected chi connectivity index (χ1v) is 5.34. The second kappa shape index (κ2) is 4.43. The fraction of sp³-hybridized carbons (Fsp3) is 0.0769. The molecule has 0 spiro atoms. The quantitative estimate of drug-likeness (QED) is 0.755. The average molecular weight is 246 g/mol. The van der Waals surface area contributed by atoms with E-state index in [1.54, 1.807) is 0 Å². The van der Waals surface area contributed by atoms with Crippen LogP contribution in [0.2, 0.25) is 0 Å². The lowest BCUT2D eigenvalue weighted by Crippen LogP contribution is -1.86. The predicted molar refractivity (Wildman–Crippen MR) is 62.2 cm³/mol. The van der Waals surface area contributed by atoms with Crippen molar-refractivity contribution in [1.82, 2.24) is 0 Å². The smallest absolute Gasteiger partial charge is 0.0181 e. The lowest BCUT2D eigenvalue weighted by Gasteiger charge is -2.00. The number of benzene rings is 2. The summed E-state index contributed by atoms with van der Waals surface area (Å²) in [5, 5.41) is 0. The molecule has 0 saturated carbocycles. The third-order valence-corrected chi connectivity index (χ3v) is 2.57. The summed E-state index contributed by atoms with van der Waals surface area (Å²) in [5.74, 6) is 0. The summed E-state index contributed by atoms with van der Waals surface area (Å²) in [6.07, 6.45) is 0.952. The molecule has 0 nitrogen and oxygen atoms in total. The summed E-state index contributed by atoms with van der Waals surface area (Å²) in [4.78, 5) is 0. The van der Waals surface area contributed by atoms with Crippen LogP contribution in [0.15, 0.2) is 53.0 Å². The van der Waals surface area contributed by atoms with E-state index in [4.69, 9.17) is 0 Å². The number of hydrogen-bond acceptors (Lipinski definition) is 0. The fourth-order valence-corrected chi connectivity index (χ4v) is 1.61. The van der Waals surface area contributed by atoms with Crippen molar-refractivity contribution in [3.05, 3.63) is 70.2 Å². The molecule has 0 heterocycles. The van der Waals surface area contributed by atoms with E-state index in [-0.39, 0.29) is 0 Å². The minimum atomic E-state index is 0.952. The topological polar surface area (TPSA) is 0 Å². The van der Waals surface area contributed by atoms with Gasteiger partial charge in [0.15, 0.2) is 0 Å². The fourth-order valence-electron chi connectivity index (χ4n) is 1.36. The standard InChI is InChI=1S/C13H10Br/c14-13-8-6-12(7-9-13)10-11-4-2-1-3-5-11/h1-6,8-9H,10H2. The Bertz CT molecular complexity index is 389. The van der Waals surface area contributed by atoms with Crippen LogP contribution in [-0.4, -0.2) is 0 Å². The van der Waals surface area contributed by atoms with Crippen molar-refractivity contribution in [3.63, 3.8) is 0 Å². The summed E-state index contributed by atoms with van der Waals surface area (Å²) in [6, 6.07) is 19.8. The number of hydrogen-bond donors (Lipinski definition) is 0. The van der Waals surface area contributed by atoms with Gasteiger partial charge in [-0.05, 0) is 35.7 Å². The van der Waals surface area contributed by atoms with Crippen molar-refractivity contribution in [2.75, 3.05) is 0 Å². The Balaban J connectivity index is 2.16. The molecule has 0 aliphatic rings. The Morgan fingerprint density at radius 3 is 2.43 bits per heavy atom. The summed E-state index contributed by atoms with van der Waals surface area (Å²) in [5.41, 5.74) is 2.55. The second-order valence-electron chi connectivity index (χ2n) is 3.19. The summed E-state index contributed by atoms with van der Waals surface area (Å²) >= 11 is 3.40. The summed E-state index contributed by atoms with van der Waals surface area (Å²) < 4.78 is 1.08. The zero-order chi connectivity index (χ0) is 9.80. The van der Waals surface area contributed by atoms with Crippen LogP contribution in [0.5, 0.6) is 0 Å². The third-order valence-electron chi connectivity index (χ3n) is 2.08. The Hall–Kier alpha value is -1.08. The van der Waals surface area contributed by atoms with Gasteiger partial charge in [0.1, 0.15) is 0 Å². The molecular formula is C13H10Br. The Morgan fingerprint density at radius 2 is 1.79 bits per heavy atom. The maximum absolute atomic E-state index is 3.40. The molecule has 0 saturated heterocycles. The van der Waals surface area contributed by atoms with Crippen LogP contribution in [-0.2, 0) is 6.42 Å². The maximum atomic E-state index is 3.40. The average Bonchev–Trinajstić information content (AvgIpc) is 2.23. The van der Waals surface area contributed by atoms with Gasteiger partial charge in [0, 0.05) is 4.47 Å². The van der Waals surface area contributed by atoms with E-state index >= 15 is 0 Å². The SMILES string of the molecule is Brc1c[c]c(Cc2ccccc2)cc1. The van der Waals surface area contributed by atoms with Gasteiger partial charge in [0.25, 0.3) is 0 Å². The molecule has 0 N–H and O–H groups in total. The first-order valence-electron chi connectivity index (χ1n) is 4.54. The van der Waals surface area contributed by atoms with E-state index in [1.807, 2.05) is 12.1 Å². The van der Waals surface area contributed by atoms with Crippen LogP contribution in [0.3, 0.4) is 0 Å². The van der Waals surface area contributed by atoms with Gasteiger partial charge in [-0.15, -0.1) is 0 Å². The molecule has 0 aliphatic heterocycles. The van der Waals surface area contributed by atoms with Crippen molar-refractivity contribution < 1.29 is 0 Å². The van der Waals surface area contributed by atoms with Gasteiger partial charge in [-0.25, -0.2) is 0 Å². The molecule has 0 amide bonds. The van der Waals surface area contributed by atoms with Gasteiger partial charge < -0.3 is 0 Å². The molecule has 1 radical (unpaired) electrons. The first-order chi connectivity index (χ1) is 6.84. The Kier molecular flexibility index (Phi) is 3.00. The van der Waals surface area contributed by atoms with E-state index in [2.05, 4.69) is 58.4 Å². The molecule has 1 heteroatoms. The van der Waals surface area contributed by atoms with E-state index in [1.165, 1.54) is 11.1 Å². The van der Waals surface area contributed by atoms with Crippen LogP contribution < -0.4 is 0 Å². The molecule has 2 aromatic carbocycles. The predicted octanol–water partition coefficient (Wildman–Crippen LogP) is 3.84. The molecule has 2 rings (SSSR count). The van der Waals surface area contributed by atoms with Crippen molar-refractivity contribution >= 4 is 15.9 Å². The molecule has 0 aliphatic carbocycles. The molecule has 0 unspecified atom stereocenters. The van der Waals surface area contributed by atoms with Crippen LogP contribution in [0.1, 0.15) is 11.1 Å². The Labute approximate surface area is 92.7 Å². The molecule has 0 atom stereocenters. The van der Waals surface area contributed by atoms with Gasteiger partial charge in [0.2, 0.25) is 0 Å². The highest BCUT2D eigenvalue weighted by molar-refractivity contribution is 9.10. The molecule has 2 aromatic rings. The minimum Gasteiger partial charge on any atom is -0.0622 e. The lowest BCUT2D eigenvalue weighted by atomic mass is 10.1. The van der Waals surface area contributed by atoms with Crippen LogP contribution >= 0.6 is 15.9 Å². The molecule has 0 fully saturated rings. The molecule has 0 bridgehead atoms. The monoisotopic (exact) mass is 245 g/mol. The lowest BCUT2D eigenvalue weighted by molar-refractivity contribution is 1.19. The summed E-state index contributed by atoms with van der Waals surface area (Å²) in [6.45, 7) is 0. The maximum Gasteiger partial charge on any atom is 0.0181 e. The van der Waals surface area contributed by atoms with Gasteiger partial charge >= 0.3 is 0 Å². The van der Waals surface area contributed by atoms with Crippen LogP contribution in [0.4, 0.5) is 0 Å². The Morgan fingerprint density at radius 1 is 1.00 bits per heavy atom. The van der Waals surface area contributed by atoms with E-state index in [0.29, 0.717) is 0 Å². The molecule has 69 valence electrons. The van der Waals surface area contributed by atoms with Crippen molar-refractivity contribution in [1.29, 1.82) is 0 Å². The zero-order valence-corrected chi connectivity index (χ0v) is 9.29. The molecule has 14 heavy (non-hydrogen) atoms. The highest BCUT2D eigenvalue weighted by atomic mass is 79.9. The van der Waals surface area contributed by atoms with Gasteiger partial charge in [-0.2, -0.15) is 0 Å². The highest BCUT2D eigenvalue weighted by Gasteiger charge is 1.95. The molecule has 0 aromatic heterocycles. The number of rotatable bonds is 2. The zero-order valence-electron chi connectivity index (χ0n) is 7.70. The van der Waals surface area contributed by atoms with Crippen LogP contribution in [0, 0.1) is 6.07 Å². The highest BCUT2D eigenvalue weighted by Crippen LogP contribution is 2.13. The van der Waals surface area contributed by atoms with E-state index in [0.717, 1.165) is 10.9 Å². The van der Waals surface area contributed by atoms with Crippen molar-refractivity contribution in [2.24, 2.45) is 0 Å². The van der Waals surface area contributed by atoms with E-state index < -0.39 is 0 Å². The van der Waals surface area contributed by atoms with Crippen molar-refractivity contribution in [2.45, 2.75) is 6.42 Å².